The van der Waals surface area contributed by atoms with Gasteiger partial charge in [-0.15, -0.1) is 5.10 Å². The van der Waals surface area contributed by atoms with E-state index >= 15 is 0 Å². The molecule has 2 aromatic rings. The van der Waals surface area contributed by atoms with Crippen LogP contribution < -0.4 is 10.6 Å². The van der Waals surface area contributed by atoms with Gasteiger partial charge in [0, 0.05) is 32.4 Å². The molecule has 7 nitrogen and oxygen atoms in total. The third-order valence-electron chi connectivity index (χ3n) is 3.25. The lowest BCUT2D eigenvalue weighted by molar-refractivity contribution is 0.750. The Bertz CT molecular complexity index is 555. The smallest absolute Gasteiger partial charge is 0.245 e. The van der Waals surface area contributed by atoms with Crippen molar-refractivity contribution in [2.75, 3.05) is 18.0 Å². The molecular formula is C11H17N7. The van der Waals surface area contributed by atoms with E-state index in [0.29, 0.717) is 0 Å². The van der Waals surface area contributed by atoms with E-state index in [0.717, 1.165) is 42.5 Å². The van der Waals surface area contributed by atoms with Crippen molar-refractivity contribution in [1.82, 2.24) is 25.0 Å². The molecule has 18 heavy (non-hydrogen) atoms. The van der Waals surface area contributed by atoms with Crippen LogP contribution in [-0.2, 0) is 7.05 Å². The number of nitrogens with one attached hydrogen (secondary N) is 1. The quantitative estimate of drug-likeness (QED) is 0.783. The fourth-order valence-corrected chi connectivity index (χ4v) is 2.32. The molecule has 1 aliphatic rings. The minimum atomic E-state index is 0.229. The van der Waals surface area contributed by atoms with Crippen LogP contribution in [0.15, 0.2) is 6.20 Å². The molecule has 1 fully saturated rings. The standard InChI is InChI=1S/C11H17N7/c1-7-9(6-17(2)16-7)10-13-11(15-14-10)18-4-3-8(12)5-18/h6,8H,3-5,12H2,1-2H3,(H,13,14,15). The van der Waals surface area contributed by atoms with Crippen molar-refractivity contribution in [3.63, 3.8) is 0 Å². The van der Waals surface area contributed by atoms with Crippen LogP contribution in [0.2, 0.25) is 0 Å². The number of rotatable bonds is 2. The highest BCUT2D eigenvalue weighted by Gasteiger charge is 2.23. The molecule has 0 aliphatic carbocycles. The molecule has 96 valence electrons. The summed E-state index contributed by atoms with van der Waals surface area (Å²) in [5.74, 6) is 1.48. The molecule has 3 N–H and O–H groups in total. The zero-order valence-corrected chi connectivity index (χ0v) is 10.6. The lowest BCUT2D eigenvalue weighted by atomic mass is 10.2. The van der Waals surface area contributed by atoms with Gasteiger partial charge in [-0.3, -0.25) is 9.78 Å². The third kappa shape index (κ3) is 1.86. The van der Waals surface area contributed by atoms with E-state index in [1.54, 1.807) is 4.68 Å². The molecule has 0 aromatic carbocycles. The Labute approximate surface area is 105 Å². The number of hydrogen-bond donors (Lipinski definition) is 2. The summed E-state index contributed by atoms with van der Waals surface area (Å²) in [7, 11) is 1.90. The number of anilines is 1. The normalized spacial score (nSPS) is 19.7. The van der Waals surface area contributed by atoms with Crippen molar-refractivity contribution < 1.29 is 0 Å². The average molecular weight is 247 g/mol. The second-order valence-electron chi connectivity index (χ2n) is 4.78. The zero-order valence-electron chi connectivity index (χ0n) is 10.6. The first kappa shape index (κ1) is 11.2. The second kappa shape index (κ2) is 4.09. The lowest BCUT2D eigenvalue weighted by Crippen LogP contribution is -2.26. The van der Waals surface area contributed by atoms with Crippen molar-refractivity contribution in [2.24, 2.45) is 12.8 Å². The maximum atomic E-state index is 5.89. The summed E-state index contributed by atoms with van der Waals surface area (Å²) in [6, 6.07) is 0.229. The van der Waals surface area contributed by atoms with Crippen molar-refractivity contribution in [2.45, 2.75) is 19.4 Å². The molecule has 0 saturated carbocycles. The number of H-pyrrole nitrogens is 1. The van der Waals surface area contributed by atoms with Gasteiger partial charge in [-0.25, -0.2) is 0 Å². The molecule has 0 bridgehead atoms. The van der Waals surface area contributed by atoms with Gasteiger partial charge in [-0.2, -0.15) is 10.1 Å². The fourth-order valence-electron chi connectivity index (χ4n) is 2.32. The Hall–Kier alpha value is -1.89. The summed E-state index contributed by atoms with van der Waals surface area (Å²) < 4.78 is 1.78. The van der Waals surface area contributed by atoms with Gasteiger partial charge in [0.2, 0.25) is 5.95 Å². The second-order valence-corrected chi connectivity index (χ2v) is 4.78. The predicted molar refractivity (Wildman–Crippen MR) is 68.1 cm³/mol. The first-order valence-corrected chi connectivity index (χ1v) is 6.07. The number of nitrogens with zero attached hydrogens (tertiary/aromatic N) is 5. The summed E-state index contributed by atoms with van der Waals surface area (Å²) in [4.78, 5) is 6.63. The zero-order chi connectivity index (χ0) is 12.7. The van der Waals surface area contributed by atoms with Gasteiger partial charge in [0.05, 0.1) is 11.3 Å². The van der Waals surface area contributed by atoms with Crippen molar-refractivity contribution in [1.29, 1.82) is 0 Å². The number of aromatic amines is 1. The molecule has 1 aliphatic heterocycles. The first-order chi connectivity index (χ1) is 8.63. The van der Waals surface area contributed by atoms with Gasteiger partial charge in [0.15, 0.2) is 5.82 Å². The number of hydrogen-bond acceptors (Lipinski definition) is 5. The molecule has 1 saturated heterocycles. The molecule has 0 amide bonds. The molecular weight excluding hydrogens is 230 g/mol. The van der Waals surface area contributed by atoms with Gasteiger partial charge in [0.1, 0.15) is 0 Å². The summed E-state index contributed by atoms with van der Waals surface area (Å²) >= 11 is 0. The molecule has 7 heteroatoms. The van der Waals surface area contributed by atoms with Crippen LogP contribution in [-0.4, -0.2) is 44.1 Å². The van der Waals surface area contributed by atoms with Gasteiger partial charge in [0.25, 0.3) is 0 Å². The monoisotopic (exact) mass is 247 g/mol. The van der Waals surface area contributed by atoms with Crippen LogP contribution in [0.5, 0.6) is 0 Å². The van der Waals surface area contributed by atoms with Crippen LogP contribution in [0.25, 0.3) is 11.4 Å². The maximum absolute atomic E-state index is 5.89. The molecule has 1 atom stereocenters. The fraction of sp³-hybridized carbons (Fsp3) is 0.545. The Morgan fingerprint density at radius 1 is 1.50 bits per heavy atom. The molecule has 0 radical (unpaired) electrons. The van der Waals surface area contributed by atoms with Crippen molar-refractivity contribution in [3.05, 3.63) is 11.9 Å². The van der Waals surface area contributed by atoms with Crippen LogP contribution in [0.4, 0.5) is 5.95 Å². The van der Waals surface area contributed by atoms with Gasteiger partial charge in [-0.1, -0.05) is 0 Å². The summed E-state index contributed by atoms with van der Waals surface area (Å²) in [5.41, 5.74) is 7.82. The summed E-state index contributed by atoms with van der Waals surface area (Å²) in [6.07, 6.45) is 2.94. The molecule has 2 aromatic heterocycles. The van der Waals surface area contributed by atoms with Gasteiger partial charge in [-0.05, 0) is 13.3 Å². The van der Waals surface area contributed by atoms with Crippen LogP contribution in [0.3, 0.4) is 0 Å². The highest BCUT2D eigenvalue weighted by Crippen LogP contribution is 2.21. The lowest BCUT2D eigenvalue weighted by Gasteiger charge is -2.11. The third-order valence-corrected chi connectivity index (χ3v) is 3.25. The highest BCUT2D eigenvalue weighted by atomic mass is 15.4. The van der Waals surface area contributed by atoms with Gasteiger partial charge < -0.3 is 10.6 Å². The van der Waals surface area contributed by atoms with E-state index < -0.39 is 0 Å². The average Bonchev–Trinajstić information content (AvgIpc) is 2.98. The summed E-state index contributed by atoms with van der Waals surface area (Å²) in [5, 5.41) is 11.5. The van der Waals surface area contributed by atoms with E-state index in [1.165, 1.54) is 0 Å². The van der Waals surface area contributed by atoms with Crippen LogP contribution in [0, 0.1) is 6.92 Å². The van der Waals surface area contributed by atoms with E-state index in [4.69, 9.17) is 5.73 Å². The molecule has 3 rings (SSSR count). The van der Waals surface area contributed by atoms with Crippen molar-refractivity contribution in [3.8, 4) is 11.4 Å². The minimum absolute atomic E-state index is 0.229. The predicted octanol–water partition coefficient (Wildman–Crippen LogP) is 0.0510. The van der Waals surface area contributed by atoms with Crippen LogP contribution in [0.1, 0.15) is 12.1 Å². The molecule has 0 spiro atoms. The molecule has 1 unspecified atom stereocenters. The molecule has 3 heterocycles. The van der Waals surface area contributed by atoms with E-state index in [1.807, 2.05) is 20.2 Å². The Balaban J connectivity index is 1.87. The number of nitrogens with two attached hydrogens (primary N) is 1. The highest BCUT2D eigenvalue weighted by molar-refractivity contribution is 5.58. The Kier molecular flexibility index (Phi) is 2.55. The van der Waals surface area contributed by atoms with E-state index in [9.17, 15) is 0 Å². The topological polar surface area (TPSA) is 88.7 Å². The van der Waals surface area contributed by atoms with Crippen molar-refractivity contribution >= 4 is 5.95 Å². The van der Waals surface area contributed by atoms with E-state index in [-0.39, 0.29) is 6.04 Å². The first-order valence-electron chi connectivity index (χ1n) is 6.07. The Morgan fingerprint density at radius 2 is 2.33 bits per heavy atom. The van der Waals surface area contributed by atoms with Gasteiger partial charge >= 0.3 is 0 Å². The number of aromatic nitrogens is 5. The maximum Gasteiger partial charge on any atom is 0.245 e. The van der Waals surface area contributed by atoms with Crippen LogP contribution >= 0.6 is 0 Å². The minimum Gasteiger partial charge on any atom is -0.338 e. The Morgan fingerprint density at radius 3 is 2.94 bits per heavy atom. The summed E-state index contributed by atoms with van der Waals surface area (Å²) in [6.45, 7) is 3.71. The number of aryl methyl sites for hydroxylation is 2. The SMILES string of the molecule is Cc1nn(C)cc1-c1nc(N2CCC(N)C2)n[nH]1. The van der Waals surface area contributed by atoms with E-state index in [2.05, 4.69) is 25.2 Å². The largest absolute Gasteiger partial charge is 0.338 e.